The van der Waals surface area contributed by atoms with Crippen LogP contribution in [0, 0.1) is 5.92 Å². The molecule has 4 nitrogen and oxygen atoms in total. The summed E-state index contributed by atoms with van der Waals surface area (Å²) in [6.07, 6.45) is 3.50. The van der Waals surface area contributed by atoms with Crippen molar-refractivity contribution in [2.24, 2.45) is 5.92 Å². The van der Waals surface area contributed by atoms with Gasteiger partial charge in [0.05, 0.1) is 0 Å². The summed E-state index contributed by atoms with van der Waals surface area (Å²) in [7, 11) is 0. The van der Waals surface area contributed by atoms with E-state index in [0.29, 0.717) is 12.4 Å². The molecule has 0 unspecified atom stereocenters. The molecule has 1 amide bonds. The Morgan fingerprint density at radius 1 is 1.67 bits per heavy atom. The van der Waals surface area contributed by atoms with Crippen molar-refractivity contribution in [2.45, 2.75) is 31.4 Å². The van der Waals surface area contributed by atoms with Crippen LogP contribution in [0.5, 0.6) is 0 Å². The van der Waals surface area contributed by atoms with E-state index in [9.17, 15) is 9.90 Å². The highest BCUT2D eigenvalue weighted by Gasteiger charge is 2.55. The molecule has 3 heterocycles. The van der Waals surface area contributed by atoms with Crippen molar-refractivity contribution in [2.75, 3.05) is 13.2 Å². The Morgan fingerprint density at radius 2 is 2.47 bits per heavy atom. The van der Waals surface area contributed by atoms with Crippen molar-refractivity contribution in [3.05, 3.63) is 11.8 Å². The highest BCUT2D eigenvalue weighted by Crippen LogP contribution is 2.43. The molecule has 3 rings (SSSR count). The average Bonchev–Trinajstić information content (AvgIpc) is 2.68. The minimum Gasteiger partial charge on any atom is -0.491 e. The summed E-state index contributed by atoms with van der Waals surface area (Å²) < 4.78 is 5.19. The summed E-state index contributed by atoms with van der Waals surface area (Å²) in [5.41, 5.74) is -0.889. The molecule has 0 aromatic carbocycles. The molecule has 0 saturated carbocycles. The molecule has 2 fully saturated rings. The zero-order valence-electron chi connectivity index (χ0n) is 8.77. The van der Waals surface area contributed by atoms with Gasteiger partial charge in [-0.05, 0) is 12.8 Å². The first kappa shape index (κ1) is 9.21. The van der Waals surface area contributed by atoms with E-state index in [0.717, 1.165) is 19.4 Å². The molecule has 0 aliphatic carbocycles. The van der Waals surface area contributed by atoms with Gasteiger partial charge in [-0.2, -0.15) is 0 Å². The fourth-order valence-corrected chi connectivity index (χ4v) is 2.93. The summed E-state index contributed by atoms with van der Waals surface area (Å²) in [6.45, 7) is 3.16. The zero-order valence-corrected chi connectivity index (χ0v) is 8.77. The SMILES string of the molecule is C[C@@H]1[C@H]2CCCN2C(=O)C=C2OC[C@@]21O. The van der Waals surface area contributed by atoms with Crippen molar-refractivity contribution < 1.29 is 14.6 Å². The Labute approximate surface area is 88.5 Å². The Bertz CT molecular complexity index is 352. The van der Waals surface area contributed by atoms with Crippen molar-refractivity contribution in [1.82, 2.24) is 4.90 Å². The fraction of sp³-hybridized carbons (Fsp3) is 0.727. The summed E-state index contributed by atoms with van der Waals surface area (Å²) in [4.78, 5) is 13.7. The molecule has 3 atom stereocenters. The third-order valence-electron chi connectivity index (χ3n) is 4.04. The number of fused-ring (bicyclic) bond motifs is 2. The van der Waals surface area contributed by atoms with E-state index in [2.05, 4.69) is 0 Å². The summed E-state index contributed by atoms with van der Waals surface area (Å²) in [5.74, 6) is 0.538. The number of carbonyl (C=O) groups is 1. The second-order valence-corrected chi connectivity index (χ2v) is 4.75. The Hall–Kier alpha value is -1.03. The van der Waals surface area contributed by atoms with E-state index in [1.165, 1.54) is 6.08 Å². The molecule has 2 saturated heterocycles. The van der Waals surface area contributed by atoms with Gasteiger partial charge in [-0.3, -0.25) is 4.79 Å². The molecule has 0 radical (unpaired) electrons. The van der Waals surface area contributed by atoms with E-state index in [-0.39, 0.29) is 17.9 Å². The lowest BCUT2D eigenvalue weighted by atomic mass is 9.79. The molecule has 1 N–H and O–H groups in total. The van der Waals surface area contributed by atoms with E-state index in [1.54, 1.807) is 0 Å². The Morgan fingerprint density at radius 3 is 3.13 bits per heavy atom. The molecule has 0 spiro atoms. The predicted molar refractivity (Wildman–Crippen MR) is 52.9 cm³/mol. The number of nitrogens with zero attached hydrogens (tertiary/aromatic N) is 1. The molecule has 0 aromatic heterocycles. The normalized spacial score (nSPS) is 43.5. The van der Waals surface area contributed by atoms with Crippen molar-refractivity contribution in [1.29, 1.82) is 0 Å². The minimum atomic E-state index is -0.889. The van der Waals surface area contributed by atoms with Gasteiger partial charge < -0.3 is 14.7 Å². The second kappa shape index (κ2) is 2.76. The first-order valence-corrected chi connectivity index (χ1v) is 5.51. The van der Waals surface area contributed by atoms with Gasteiger partial charge in [-0.15, -0.1) is 0 Å². The number of amides is 1. The first-order chi connectivity index (χ1) is 7.13. The van der Waals surface area contributed by atoms with Gasteiger partial charge in [0.1, 0.15) is 12.4 Å². The molecule has 4 heteroatoms. The first-order valence-electron chi connectivity index (χ1n) is 5.51. The van der Waals surface area contributed by atoms with Crippen LogP contribution in [0.25, 0.3) is 0 Å². The van der Waals surface area contributed by atoms with E-state index >= 15 is 0 Å². The molecule has 3 aliphatic rings. The van der Waals surface area contributed by atoms with Crippen LogP contribution in [0.15, 0.2) is 11.8 Å². The van der Waals surface area contributed by atoms with E-state index in [1.807, 2.05) is 11.8 Å². The highest BCUT2D eigenvalue weighted by molar-refractivity contribution is 5.89. The predicted octanol–water partition coefficient (Wildman–Crippen LogP) is 0.272. The minimum absolute atomic E-state index is 0.00465. The summed E-state index contributed by atoms with van der Waals surface area (Å²) >= 11 is 0. The van der Waals surface area contributed by atoms with Gasteiger partial charge in [-0.25, -0.2) is 0 Å². The summed E-state index contributed by atoms with van der Waals surface area (Å²) in [6, 6.07) is 0.181. The van der Waals surface area contributed by atoms with Crippen molar-refractivity contribution in [3.63, 3.8) is 0 Å². The number of ether oxygens (including phenoxy) is 1. The number of hydrogen-bond acceptors (Lipinski definition) is 3. The Balaban J connectivity index is 2.03. The van der Waals surface area contributed by atoms with Gasteiger partial charge in [0.2, 0.25) is 5.91 Å². The molecule has 0 aromatic rings. The zero-order chi connectivity index (χ0) is 10.6. The largest absolute Gasteiger partial charge is 0.491 e. The van der Waals surface area contributed by atoms with Crippen LogP contribution in [0.4, 0.5) is 0 Å². The number of rotatable bonds is 0. The van der Waals surface area contributed by atoms with Gasteiger partial charge >= 0.3 is 0 Å². The van der Waals surface area contributed by atoms with Crippen molar-refractivity contribution in [3.8, 4) is 0 Å². The lowest BCUT2D eigenvalue weighted by molar-refractivity contribution is -0.155. The molecule has 15 heavy (non-hydrogen) atoms. The standard InChI is InChI=1S/C11H15NO3/c1-7-8-3-2-4-12(8)10(13)5-9-11(7,14)6-15-9/h5,7-8,14H,2-4,6H2,1H3/t7-,8-,11+/m1/s1. The number of hydrogen-bond donors (Lipinski definition) is 1. The van der Waals surface area contributed by atoms with Crippen LogP contribution < -0.4 is 0 Å². The topological polar surface area (TPSA) is 49.8 Å². The van der Waals surface area contributed by atoms with Crippen molar-refractivity contribution >= 4 is 5.91 Å². The monoisotopic (exact) mass is 209 g/mol. The van der Waals surface area contributed by atoms with E-state index < -0.39 is 5.60 Å². The highest BCUT2D eigenvalue weighted by atomic mass is 16.5. The fourth-order valence-electron chi connectivity index (χ4n) is 2.93. The smallest absolute Gasteiger partial charge is 0.250 e. The molecule has 82 valence electrons. The Kier molecular flexibility index (Phi) is 1.69. The maximum absolute atomic E-state index is 11.8. The second-order valence-electron chi connectivity index (χ2n) is 4.75. The molecule has 0 bridgehead atoms. The van der Waals surface area contributed by atoms with Crippen LogP contribution in [0.3, 0.4) is 0 Å². The maximum Gasteiger partial charge on any atom is 0.250 e. The van der Waals surface area contributed by atoms with Crippen LogP contribution in [-0.2, 0) is 9.53 Å². The third kappa shape index (κ3) is 1.03. The lowest BCUT2D eigenvalue weighted by Crippen LogP contribution is -2.56. The van der Waals surface area contributed by atoms with E-state index in [4.69, 9.17) is 4.74 Å². The third-order valence-corrected chi connectivity index (χ3v) is 4.04. The van der Waals surface area contributed by atoms with Gasteiger partial charge in [0.25, 0.3) is 0 Å². The van der Waals surface area contributed by atoms with Gasteiger partial charge in [0.15, 0.2) is 5.60 Å². The van der Waals surface area contributed by atoms with Crippen LogP contribution in [0.2, 0.25) is 0 Å². The van der Waals surface area contributed by atoms with Crippen LogP contribution in [0.1, 0.15) is 19.8 Å². The maximum atomic E-state index is 11.8. The quantitative estimate of drug-likeness (QED) is 0.623. The number of carbonyl (C=O) groups excluding carboxylic acids is 1. The number of aliphatic hydroxyl groups is 1. The van der Waals surface area contributed by atoms with Crippen LogP contribution in [-0.4, -0.2) is 40.7 Å². The average molecular weight is 209 g/mol. The van der Waals surface area contributed by atoms with Gasteiger partial charge in [0, 0.05) is 24.6 Å². The molecular formula is C11H15NO3. The lowest BCUT2D eigenvalue weighted by Gasteiger charge is -2.44. The van der Waals surface area contributed by atoms with Gasteiger partial charge in [-0.1, -0.05) is 6.92 Å². The molecule has 3 aliphatic heterocycles. The van der Waals surface area contributed by atoms with Crippen LogP contribution >= 0.6 is 0 Å². The molecular weight excluding hydrogens is 194 g/mol. The summed E-state index contributed by atoms with van der Waals surface area (Å²) in [5, 5.41) is 10.4.